The number of hydrogen-bond acceptors (Lipinski definition) is 4. The summed E-state index contributed by atoms with van der Waals surface area (Å²) >= 11 is 3.51. The number of rotatable bonds is 3. The molecule has 0 saturated carbocycles. The third-order valence-electron chi connectivity index (χ3n) is 3.35. The summed E-state index contributed by atoms with van der Waals surface area (Å²) in [4.78, 5) is 15.7. The van der Waals surface area contributed by atoms with Crippen molar-refractivity contribution in [2.24, 2.45) is 5.73 Å². The van der Waals surface area contributed by atoms with Crippen molar-refractivity contribution in [3.63, 3.8) is 0 Å². The van der Waals surface area contributed by atoms with Crippen LogP contribution in [0.4, 0.5) is 10.5 Å². The number of amides is 1. The number of benzene rings is 1. The molecule has 20 heavy (non-hydrogen) atoms. The fourth-order valence-electron chi connectivity index (χ4n) is 2.30. The Kier molecular flexibility index (Phi) is 5.25. The minimum Gasteiger partial charge on any atom is -0.450 e. The average molecular weight is 342 g/mol. The van der Waals surface area contributed by atoms with Crippen molar-refractivity contribution in [3.05, 3.63) is 28.2 Å². The third kappa shape index (κ3) is 3.64. The van der Waals surface area contributed by atoms with Crippen LogP contribution < -0.4 is 10.6 Å². The second-order valence-electron chi connectivity index (χ2n) is 4.69. The molecule has 1 fully saturated rings. The van der Waals surface area contributed by atoms with Crippen LogP contribution >= 0.6 is 15.9 Å². The molecule has 2 rings (SSSR count). The molecule has 1 aromatic carbocycles. The summed E-state index contributed by atoms with van der Waals surface area (Å²) in [6, 6.07) is 6.21. The Bertz CT molecular complexity index is 473. The lowest BCUT2D eigenvalue weighted by atomic mass is 10.1. The fraction of sp³-hybridized carbons (Fsp3) is 0.500. The van der Waals surface area contributed by atoms with Gasteiger partial charge < -0.3 is 20.3 Å². The van der Waals surface area contributed by atoms with E-state index in [0.29, 0.717) is 26.2 Å². The Morgan fingerprint density at radius 3 is 2.60 bits per heavy atom. The SMILES string of the molecule is CCOC(=O)N1CCN(c2cc(Br)cc(CN)c2)CC1. The molecule has 0 atom stereocenters. The number of carbonyl (C=O) groups is 1. The molecule has 1 heterocycles. The highest BCUT2D eigenvalue weighted by Gasteiger charge is 2.22. The maximum absolute atomic E-state index is 11.7. The average Bonchev–Trinajstić information content (AvgIpc) is 2.47. The minimum absolute atomic E-state index is 0.218. The summed E-state index contributed by atoms with van der Waals surface area (Å²) in [7, 11) is 0. The van der Waals surface area contributed by atoms with Crippen LogP contribution in [0.2, 0.25) is 0 Å². The predicted molar refractivity (Wildman–Crippen MR) is 82.8 cm³/mol. The number of piperazine rings is 1. The van der Waals surface area contributed by atoms with E-state index in [1.807, 2.05) is 13.0 Å². The van der Waals surface area contributed by atoms with E-state index in [1.54, 1.807) is 4.90 Å². The molecule has 0 aromatic heterocycles. The Hall–Kier alpha value is -1.27. The number of nitrogens with two attached hydrogens (primary N) is 1. The van der Waals surface area contributed by atoms with Gasteiger partial charge in [0.25, 0.3) is 0 Å². The summed E-state index contributed by atoms with van der Waals surface area (Å²) in [5, 5.41) is 0. The van der Waals surface area contributed by atoms with Crippen LogP contribution in [0.15, 0.2) is 22.7 Å². The first-order valence-corrected chi connectivity index (χ1v) is 7.59. The molecule has 1 saturated heterocycles. The van der Waals surface area contributed by atoms with Gasteiger partial charge in [-0.1, -0.05) is 15.9 Å². The van der Waals surface area contributed by atoms with Gasteiger partial charge in [-0.05, 0) is 30.7 Å². The highest BCUT2D eigenvalue weighted by atomic mass is 79.9. The maximum Gasteiger partial charge on any atom is 0.409 e. The molecule has 2 N–H and O–H groups in total. The Labute approximate surface area is 127 Å². The molecular formula is C14H20BrN3O2. The van der Waals surface area contributed by atoms with Gasteiger partial charge in [0.1, 0.15) is 0 Å². The second-order valence-corrected chi connectivity index (χ2v) is 5.61. The molecule has 110 valence electrons. The van der Waals surface area contributed by atoms with Crippen LogP contribution in [-0.4, -0.2) is 43.8 Å². The van der Waals surface area contributed by atoms with Gasteiger partial charge >= 0.3 is 6.09 Å². The van der Waals surface area contributed by atoms with Gasteiger partial charge in [-0.15, -0.1) is 0 Å². The Balaban J connectivity index is 2.00. The number of hydrogen-bond donors (Lipinski definition) is 1. The zero-order chi connectivity index (χ0) is 14.5. The predicted octanol–water partition coefficient (Wildman–Crippen LogP) is 2.19. The van der Waals surface area contributed by atoms with Gasteiger partial charge in [-0.25, -0.2) is 4.79 Å². The van der Waals surface area contributed by atoms with Gasteiger partial charge in [0, 0.05) is 42.9 Å². The molecule has 0 bridgehead atoms. The van der Waals surface area contributed by atoms with E-state index in [0.717, 1.165) is 28.8 Å². The highest BCUT2D eigenvalue weighted by molar-refractivity contribution is 9.10. The second kappa shape index (κ2) is 6.95. The van der Waals surface area contributed by atoms with E-state index in [-0.39, 0.29) is 6.09 Å². The third-order valence-corrected chi connectivity index (χ3v) is 3.81. The number of carbonyl (C=O) groups excluding carboxylic acids is 1. The molecule has 1 amide bonds. The van der Waals surface area contributed by atoms with Crippen LogP contribution in [0, 0.1) is 0 Å². The van der Waals surface area contributed by atoms with E-state index in [2.05, 4.69) is 33.0 Å². The summed E-state index contributed by atoms with van der Waals surface area (Å²) < 4.78 is 6.05. The number of nitrogens with zero attached hydrogens (tertiary/aromatic N) is 2. The summed E-state index contributed by atoms with van der Waals surface area (Å²) in [5.41, 5.74) is 7.94. The number of ether oxygens (including phenoxy) is 1. The van der Waals surface area contributed by atoms with E-state index in [9.17, 15) is 4.79 Å². The quantitative estimate of drug-likeness (QED) is 0.915. The van der Waals surface area contributed by atoms with Gasteiger partial charge in [-0.3, -0.25) is 0 Å². The van der Waals surface area contributed by atoms with Crippen LogP contribution in [0.25, 0.3) is 0 Å². The van der Waals surface area contributed by atoms with Crippen molar-refractivity contribution in [1.29, 1.82) is 0 Å². The van der Waals surface area contributed by atoms with E-state index in [1.165, 1.54) is 0 Å². The summed E-state index contributed by atoms with van der Waals surface area (Å²) in [5.74, 6) is 0. The molecule has 0 spiro atoms. The molecule has 1 aromatic rings. The van der Waals surface area contributed by atoms with Gasteiger partial charge in [0.2, 0.25) is 0 Å². The van der Waals surface area contributed by atoms with Gasteiger partial charge in [0.05, 0.1) is 6.61 Å². The number of halogens is 1. The lowest BCUT2D eigenvalue weighted by Crippen LogP contribution is -2.49. The highest BCUT2D eigenvalue weighted by Crippen LogP contribution is 2.24. The molecule has 0 unspecified atom stereocenters. The zero-order valence-electron chi connectivity index (χ0n) is 11.6. The van der Waals surface area contributed by atoms with Crippen LogP contribution in [0.1, 0.15) is 12.5 Å². The van der Waals surface area contributed by atoms with Crippen molar-refractivity contribution in [3.8, 4) is 0 Å². The summed E-state index contributed by atoms with van der Waals surface area (Å²) in [6.45, 7) is 5.74. The van der Waals surface area contributed by atoms with Crippen molar-refractivity contribution >= 4 is 27.7 Å². The molecule has 1 aliphatic heterocycles. The van der Waals surface area contributed by atoms with Crippen molar-refractivity contribution in [1.82, 2.24) is 4.90 Å². The topological polar surface area (TPSA) is 58.8 Å². The first-order valence-electron chi connectivity index (χ1n) is 6.80. The lowest BCUT2D eigenvalue weighted by Gasteiger charge is -2.35. The van der Waals surface area contributed by atoms with Crippen molar-refractivity contribution in [2.45, 2.75) is 13.5 Å². The van der Waals surface area contributed by atoms with E-state index >= 15 is 0 Å². The van der Waals surface area contributed by atoms with Crippen molar-refractivity contribution < 1.29 is 9.53 Å². The Morgan fingerprint density at radius 1 is 1.30 bits per heavy atom. The molecule has 1 aliphatic rings. The number of anilines is 1. The van der Waals surface area contributed by atoms with E-state index < -0.39 is 0 Å². The zero-order valence-corrected chi connectivity index (χ0v) is 13.2. The largest absolute Gasteiger partial charge is 0.450 e. The molecular weight excluding hydrogens is 322 g/mol. The summed E-state index contributed by atoms with van der Waals surface area (Å²) in [6.07, 6.45) is -0.218. The van der Waals surface area contributed by atoms with E-state index in [4.69, 9.17) is 10.5 Å². The Morgan fingerprint density at radius 2 is 2.00 bits per heavy atom. The normalized spacial score (nSPS) is 15.3. The first kappa shape index (κ1) is 15.1. The first-order chi connectivity index (χ1) is 9.63. The molecule has 0 aliphatic carbocycles. The van der Waals surface area contributed by atoms with Crippen molar-refractivity contribution in [2.75, 3.05) is 37.7 Å². The standard InChI is InChI=1S/C14H20BrN3O2/c1-2-20-14(19)18-5-3-17(4-6-18)13-8-11(10-16)7-12(15)9-13/h7-9H,2-6,10,16H2,1H3. The molecule has 0 radical (unpaired) electrons. The van der Waals surface area contributed by atoms with Crippen LogP contribution in [0.5, 0.6) is 0 Å². The smallest absolute Gasteiger partial charge is 0.409 e. The molecule has 5 nitrogen and oxygen atoms in total. The lowest BCUT2D eigenvalue weighted by molar-refractivity contribution is 0.105. The molecule has 6 heteroatoms. The maximum atomic E-state index is 11.7. The minimum atomic E-state index is -0.218. The fourth-order valence-corrected chi connectivity index (χ4v) is 2.82. The van der Waals surface area contributed by atoms with Crippen LogP contribution in [-0.2, 0) is 11.3 Å². The van der Waals surface area contributed by atoms with Gasteiger partial charge in [0.15, 0.2) is 0 Å². The van der Waals surface area contributed by atoms with Crippen LogP contribution in [0.3, 0.4) is 0 Å². The monoisotopic (exact) mass is 341 g/mol. The van der Waals surface area contributed by atoms with Gasteiger partial charge in [-0.2, -0.15) is 0 Å².